The van der Waals surface area contributed by atoms with Crippen LogP contribution in [-0.4, -0.2) is 36.2 Å². The van der Waals surface area contributed by atoms with Gasteiger partial charge in [-0.3, -0.25) is 9.36 Å². The molecule has 0 bridgehead atoms. The lowest BCUT2D eigenvalue weighted by molar-refractivity contribution is -0.858. The Morgan fingerprint density at radius 2 is 2.05 bits per heavy atom. The van der Waals surface area contributed by atoms with Gasteiger partial charge >= 0.3 is 0 Å². The number of carboxylic acid groups (broad SMARTS) is 1. The molecular weight excluding hydrogens is 290 g/mol. The van der Waals surface area contributed by atoms with E-state index in [1.165, 1.54) is 4.90 Å². The second-order valence-electron chi connectivity index (χ2n) is 5.45. The molecule has 0 amide bonds. The third-order valence-electron chi connectivity index (χ3n) is 3.49. The van der Waals surface area contributed by atoms with Gasteiger partial charge in [0.05, 0.1) is 36.9 Å². The fourth-order valence-corrected chi connectivity index (χ4v) is 3.42. The van der Waals surface area contributed by atoms with E-state index in [9.17, 15) is 14.7 Å². The minimum absolute atomic E-state index is 0.0875. The Bertz CT molecular complexity index is 746. The second-order valence-corrected chi connectivity index (χ2v) is 6.45. The summed E-state index contributed by atoms with van der Waals surface area (Å²) in [5, 5.41) is 11.5. The highest BCUT2D eigenvalue weighted by Gasteiger charge is 2.16. The highest BCUT2D eigenvalue weighted by molar-refractivity contribution is 7.20. The van der Waals surface area contributed by atoms with Crippen molar-refractivity contribution >= 4 is 27.5 Å². The maximum Gasteiger partial charge on any atom is 0.262 e. The second kappa shape index (κ2) is 5.95. The zero-order chi connectivity index (χ0) is 15.7. The monoisotopic (exact) mass is 309 g/mol. The fourth-order valence-electron chi connectivity index (χ4n) is 2.37. The summed E-state index contributed by atoms with van der Waals surface area (Å²) >= 11 is 1.01. The first-order chi connectivity index (χ1) is 9.82. The van der Waals surface area contributed by atoms with Gasteiger partial charge in [0.2, 0.25) is 0 Å². The summed E-state index contributed by atoms with van der Waals surface area (Å²) in [6.45, 7) is 4.96. The van der Waals surface area contributed by atoms with Crippen molar-refractivity contribution in [1.82, 2.24) is 9.55 Å². The molecule has 0 unspecified atom stereocenters. The standard InChI is InChI=1S/C14H19N3O3S/c1-8-10-12(21-11(8)14(19)20)15-9(2)17(13(10)18)7-5-6-16(3)4/h5-7H2,1-4H3,(H,19,20). The molecule has 0 aliphatic rings. The Hall–Kier alpha value is -1.73. The minimum atomic E-state index is -1.25. The van der Waals surface area contributed by atoms with Crippen molar-refractivity contribution in [3.63, 3.8) is 0 Å². The highest BCUT2D eigenvalue weighted by Crippen LogP contribution is 2.26. The number of carboxylic acids is 1. The first-order valence-electron chi connectivity index (χ1n) is 6.83. The number of aromatic carboxylic acids is 1. The molecule has 2 rings (SSSR count). The summed E-state index contributed by atoms with van der Waals surface area (Å²) in [7, 11) is 4.12. The van der Waals surface area contributed by atoms with E-state index in [-0.39, 0.29) is 10.4 Å². The zero-order valence-electron chi connectivity index (χ0n) is 12.6. The number of hydrogen-bond donors (Lipinski definition) is 1. The van der Waals surface area contributed by atoms with Gasteiger partial charge in [-0.1, -0.05) is 0 Å². The molecule has 114 valence electrons. The molecule has 0 saturated heterocycles. The van der Waals surface area contributed by atoms with Crippen molar-refractivity contribution in [2.45, 2.75) is 26.8 Å². The SMILES string of the molecule is Cc1c(C(=O)[O-])sc2nc(C)n(CCC[NH+](C)C)c(=O)c12. The maximum atomic E-state index is 12.6. The summed E-state index contributed by atoms with van der Waals surface area (Å²) < 4.78 is 1.63. The number of rotatable bonds is 5. The van der Waals surface area contributed by atoms with Crippen LogP contribution in [0.3, 0.4) is 0 Å². The van der Waals surface area contributed by atoms with Gasteiger partial charge in [-0.2, -0.15) is 0 Å². The van der Waals surface area contributed by atoms with Gasteiger partial charge in [0.25, 0.3) is 5.56 Å². The Morgan fingerprint density at radius 3 is 2.62 bits per heavy atom. The van der Waals surface area contributed by atoms with Gasteiger partial charge in [0.1, 0.15) is 10.7 Å². The Morgan fingerprint density at radius 1 is 1.38 bits per heavy atom. The number of carbonyl (C=O) groups excluding carboxylic acids is 1. The molecule has 0 aromatic carbocycles. The number of aromatic nitrogens is 2. The number of nitrogens with zero attached hydrogens (tertiary/aromatic N) is 2. The number of hydrogen-bond acceptors (Lipinski definition) is 5. The number of thiophene rings is 1. The first-order valence-corrected chi connectivity index (χ1v) is 7.65. The van der Waals surface area contributed by atoms with Crippen LogP contribution in [-0.2, 0) is 6.54 Å². The molecule has 0 aliphatic heterocycles. The van der Waals surface area contributed by atoms with Gasteiger partial charge in [-0.05, 0) is 19.4 Å². The number of fused-ring (bicyclic) bond motifs is 1. The molecule has 1 N–H and O–H groups in total. The van der Waals surface area contributed by atoms with E-state index in [2.05, 4.69) is 19.1 Å². The van der Waals surface area contributed by atoms with Crippen molar-refractivity contribution in [3.05, 3.63) is 26.6 Å². The maximum absolute atomic E-state index is 12.6. The molecule has 0 spiro atoms. The van der Waals surface area contributed by atoms with Crippen LogP contribution in [0.1, 0.15) is 27.5 Å². The molecule has 0 saturated carbocycles. The van der Waals surface area contributed by atoms with Gasteiger partial charge in [0, 0.05) is 13.0 Å². The number of quaternary nitrogens is 1. The van der Waals surface area contributed by atoms with Crippen LogP contribution >= 0.6 is 11.3 Å². The quantitative estimate of drug-likeness (QED) is 0.766. The van der Waals surface area contributed by atoms with Crippen LogP contribution in [0.5, 0.6) is 0 Å². The molecule has 6 nitrogen and oxygen atoms in total. The lowest BCUT2D eigenvalue weighted by Gasteiger charge is -2.11. The normalized spacial score (nSPS) is 11.5. The van der Waals surface area contributed by atoms with Gasteiger partial charge in [0.15, 0.2) is 0 Å². The van der Waals surface area contributed by atoms with E-state index >= 15 is 0 Å². The number of nitrogens with one attached hydrogen (secondary N) is 1. The topological polar surface area (TPSA) is 79.5 Å². The van der Waals surface area contributed by atoms with E-state index < -0.39 is 5.97 Å². The third-order valence-corrected chi connectivity index (χ3v) is 4.65. The summed E-state index contributed by atoms with van der Waals surface area (Å²) in [6, 6.07) is 0. The summed E-state index contributed by atoms with van der Waals surface area (Å²) in [5.41, 5.74) is 0.298. The highest BCUT2D eigenvalue weighted by atomic mass is 32.1. The van der Waals surface area contributed by atoms with Gasteiger partial charge in [-0.15, -0.1) is 11.3 Å². The summed E-state index contributed by atoms with van der Waals surface area (Å²) in [5.74, 6) is -0.636. The average molecular weight is 309 g/mol. The zero-order valence-corrected chi connectivity index (χ0v) is 13.5. The number of aryl methyl sites for hydroxylation is 2. The van der Waals surface area contributed by atoms with Gasteiger partial charge in [-0.25, -0.2) is 4.98 Å². The largest absolute Gasteiger partial charge is 0.544 e. The molecule has 0 aliphatic carbocycles. The van der Waals surface area contributed by atoms with E-state index in [1.54, 1.807) is 18.4 Å². The van der Waals surface area contributed by atoms with Crippen LogP contribution in [0.25, 0.3) is 10.2 Å². The molecule has 2 heterocycles. The molecule has 0 atom stereocenters. The van der Waals surface area contributed by atoms with E-state index in [0.29, 0.717) is 28.1 Å². The third kappa shape index (κ3) is 2.98. The predicted octanol–water partition coefficient (Wildman–Crippen LogP) is -1.03. The lowest BCUT2D eigenvalue weighted by atomic mass is 10.2. The summed E-state index contributed by atoms with van der Waals surface area (Å²) in [6.07, 6.45) is 0.868. The Labute approximate surface area is 126 Å². The van der Waals surface area contributed by atoms with Crippen molar-refractivity contribution in [1.29, 1.82) is 0 Å². The molecule has 2 aromatic heterocycles. The van der Waals surface area contributed by atoms with Crippen molar-refractivity contribution in [2.24, 2.45) is 0 Å². The minimum Gasteiger partial charge on any atom is -0.544 e. The lowest BCUT2D eigenvalue weighted by Crippen LogP contribution is -3.05. The Balaban J connectivity index is 2.51. The molecular formula is C14H19N3O3S. The molecule has 0 fully saturated rings. The number of carbonyl (C=O) groups is 1. The molecule has 2 aromatic rings. The predicted molar refractivity (Wildman–Crippen MR) is 80.0 cm³/mol. The van der Waals surface area contributed by atoms with Crippen molar-refractivity contribution < 1.29 is 14.8 Å². The van der Waals surface area contributed by atoms with Crippen LogP contribution in [0.15, 0.2) is 4.79 Å². The van der Waals surface area contributed by atoms with E-state index in [1.807, 2.05) is 0 Å². The van der Waals surface area contributed by atoms with E-state index in [0.717, 1.165) is 24.3 Å². The average Bonchev–Trinajstić information content (AvgIpc) is 2.70. The first kappa shape index (κ1) is 15.7. The molecule has 7 heteroatoms. The smallest absolute Gasteiger partial charge is 0.262 e. The van der Waals surface area contributed by atoms with E-state index in [4.69, 9.17) is 0 Å². The molecule has 21 heavy (non-hydrogen) atoms. The van der Waals surface area contributed by atoms with Crippen LogP contribution in [0.2, 0.25) is 0 Å². The van der Waals surface area contributed by atoms with Crippen LogP contribution in [0.4, 0.5) is 0 Å². The van der Waals surface area contributed by atoms with Gasteiger partial charge < -0.3 is 14.8 Å². The summed E-state index contributed by atoms with van der Waals surface area (Å²) in [4.78, 5) is 29.9. The fraction of sp³-hybridized carbons (Fsp3) is 0.500. The van der Waals surface area contributed by atoms with Crippen LogP contribution in [0, 0.1) is 13.8 Å². The molecule has 0 radical (unpaired) electrons. The Kier molecular flexibility index (Phi) is 4.43. The van der Waals surface area contributed by atoms with Crippen molar-refractivity contribution in [2.75, 3.05) is 20.6 Å². The van der Waals surface area contributed by atoms with Crippen molar-refractivity contribution in [3.8, 4) is 0 Å². The van der Waals surface area contributed by atoms with Crippen LogP contribution < -0.4 is 15.6 Å².